The topological polar surface area (TPSA) is 12.0 Å². The second kappa shape index (κ2) is 9.94. The van der Waals surface area contributed by atoms with E-state index in [1.165, 1.54) is 77.3 Å². The molecule has 0 amide bonds. The van der Waals surface area contributed by atoms with Gasteiger partial charge >= 0.3 is 0 Å². The van der Waals surface area contributed by atoms with Crippen LogP contribution in [0.2, 0.25) is 0 Å². The summed E-state index contributed by atoms with van der Waals surface area (Å²) >= 11 is 0. The van der Waals surface area contributed by atoms with Crippen molar-refractivity contribution in [3.8, 4) is 0 Å². The van der Waals surface area contributed by atoms with Gasteiger partial charge < -0.3 is 5.32 Å². The van der Waals surface area contributed by atoms with E-state index < -0.39 is 0 Å². The van der Waals surface area contributed by atoms with Crippen LogP contribution in [0.3, 0.4) is 0 Å². The summed E-state index contributed by atoms with van der Waals surface area (Å²) in [7, 11) is 0. The highest BCUT2D eigenvalue weighted by molar-refractivity contribution is 4.73. The summed E-state index contributed by atoms with van der Waals surface area (Å²) in [5.41, 5.74) is 0. The van der Waals surface area contributed by atoms with Gasteiger partial charge in [-0.1, -0.05) is 65.2 Å². The fraction of sp³-hybridized carbons (Fsp3) is 1.00. The summed E-state index contributed by atoms with van der Waals surface area (Å²) in [6, 6.07) is 0. The molecule has 1 heteroatoms. The molecule has 0 aliphatic heterocycles. The van der Waals surface area contributed by atoms with Crippen molar-refractivity contribution in [3.63, 3.8) is 0 Å². The van der Waals surface area contributed by atoms with Crippen LogP contribution in [-0.4, -0.2) is 13.1 Å². The van der Waals surface area contributed by atoms with Crippen molar-refractivity contribution in [2.24, 2.45) is 11.8 Å². The molecule has 1 nitrogen and oxygen atoms in total. The Morgan fingerprint density at radius 1 is 0.941 bits per heavy atom. The molecule has 0 aromatic heterocycles. The highest BCUT2D eigenvalue weighted by atomic mass is 14.9. The molecule has 1 rings (SSSR count). The van der Waals surface area contributed by atoms with E-state index in [1.54, 1.807) is 0 Å². The number of rotatable bonds is 9. The molecule has 17 heavy (non-hydrogen) atoms. The largest absolute Gasteiger partial charge is 0.316 e. The van der Waals surface area contributed by atoms with E-state index in [0.29, 0.717) is 0 Å². The standard InChI is InChI=1S/C16H33N/c1-3-4-5-6-7-10-13-17-14-16-12-9-8-11-15(16)2/h15-17H,3-14H2,1-2H3. The third kappa shape index (κ3) is 7.08. The first-order valence-corrected chi connectivity index (χ1v) is 8.05. The molecular formula is C16H33N. The SMILES string of the molecule is CCCCCCCCNCC1CCCCC1C. The second-order valence-electron chi connectivity index (χ2n) is 5.99. The van der Waals surface area contributed by atoms with Crippen molar-refractivity contribution in [3.05, 3.63) is 0 Å². The highest BCUT2D eigenvalue weighted by Gasteiger charge is 2.20. The van der Waals surface area contributed by atoms with Gasteiger partial charge in [-0.15, -0.1) is 0 Å². The van der Waals surface area contributed by atoms with Crippen LogP contribution in [0.15, 0.2) is 0 Å². The summed E-state index contributed by atoms with van der Waals surface area (Å²) < 4.78 is 0. The molecule has 2 atom stereocenters. The molecule has 0 spiro atoms. The molecule has 0 aromatic carbocycles. The van der Waals surface area contributed by atoms with Gasteiger partial charge in [-0.3, -0.25) is 0 Å². The number of nitrogens with one attached hydrogen (secondary N) is 1. The van der Waals surface area contributed by atoms with Crippen LogP contribution in [0.4, 0.5) is 0 Å². The monoisotopic (exact) mass is 239 g/mol. The zero-order valence-electron chi connectivity index (χ0n) is 12.1. The fourth-order valence-electron chi connectivity index (χ4n) is 3.01. The van der Waals surface area contributed by atoms with Crippen LogP contribution < -0.4 is 5.32 Å². The number of hydrogen-bond donors (Lipinski definition) is 1. The molecule has 0 bridgehead atoms. The lowest BCUT2D eigenvalue weighted by molar-refractivity contribution is 0.248. The lowest BCUT2D eigenvalue weighted by Crippen LogP contribution is -2.29. The maximum atomic E-state index is 3.68. The zero-order valence-corrected chi connectivity index (χ0v) is 12.1. The predicted octanol–water partition coefficient (Wildman–Crippen LogP) is 4.76. The molecule has 2 unspecified atom stereocenters. The lowest BCUT2D eigenvalue weighted by atomic mass is 9.80. The Kier molecular flexibility index (Phi) is 8.78. The van der Waals surface area contributed by atoms with E-state index in [1.807, 2.05) is 0 Å². The van der Waals surface area contributed by atoms with Crippen LogP contribution in [0.5, 0.6) is 0 Å². The molecule has 0 saturated heterocycles. The summed E-state index contributed by atoms with van der Waals surface area (Å²) in [4.78, 5) is 0. The Morgan fingerprint density at radius 3 is 2.41 bits per heavy atom. The quantitative estimate of drug-likeness (QED) is 0.572. The molecule has 0 heterocycles. The van der Waals surface area contributed by atoms with E-state index in [-0.39, 0.29) is 0 Å². The van der Waals surface area contributed by atoms with Crippen molar-refractivity contribution in [2.45, 2.75) is 78.1 Å². The molecule has 1 aliphatic rings. The Morgan fingerprint density at radius 2 is 1.65 bits per heavy atom. The maximum Gasteiger partial charge on any atom is -0.00180 e. The van der Waals surface area contributed by atoms with E-state index in [9.17, 15) is 0 Å². The Bertz CT molecular complexity index is 167. The van der Waals surface area contributed by atoms with Gasteiger partial charge in [0.15, 0.2) is 0 Å². The first-order chi connectivity index (χ1) is 8.34. The van der Waals surface area contributed by atoms with Crippen LogP contribution >= 0.6 is 0 Å². The summed E-state index contributed by atoms with van der Waals surface area (Å²) in [5, 5.41) is 3.68. The molecular weight excluding hydrogens is 206 g/mol. The van der Waals surface area contributed by atoms with Crippen molar-refractivity contribution >= 4 is 0 Å². The van der Waals surface area contributed by atoms with E-state index in [4.69, 9.17) is 0 Å². The average Bonchev–Trinajstić information content (AvgIpc) is 2.35. The lowest BCUT2D eigenvalue weighted by Gasteiger charge is -2.28. The van der Waals surface area contributed by atoms with Gasteiger partial charge in [0.1, 0.15) is 0 Å². The van der Waals surface area contributed by atoms with Crippen molar-refractivity contribution < 1.29 is 0 Å². The van der Waals surface area contributed by atoms with E-state index in [0.717, 1.165) is 11.8 Å². The van der Waals surface area contributed by atoms with Crippen LogP contribution in [-0.2, 0) is 0 Å². The van der Waals surface area contributed by atoms with Crippen molar-refractivity contribution in [1.82, 2.24) is 5.32 Å². The summed E-state index contributed by atoms with van der Waals surface area (Å²) in [6.07, 6.45) is 14.3. The minimum Gasteiger partial charge on any atom is -0.316 e. The number of unbranched alkanes of at least 4 members (excludes halogenated alkanes) is 5. The summed E-state index contributed by atoms with van der Waals surface area (Å²) in [5.74, 6) is 1.92. The Labute approximate surface area is 109 Å². The molecule has 1 fully saturated rings. The molecule has 1 saturated carbocycles. The van der Waals surface area contributed by atoms with Gasteiger partial charge in [-0.05, 0) is 37.8 Å². The number of hydrogen-bond acceptors (Lipinski definition) is 1. The Hall–Kier alpha value is -0.0400. The van der Waals surface area contributed by atoms with Crippen molar-refractivity contribution in [2.75, 3.05) is 13.1 Å². The molecule has 102 valence electrons. The minimum absolute atomic E-state index is 0.959. The second-order valence-corrected chi connectivity index (χ2v) is 5.99. The maximum absolute atomic E-state index is 3.68. The predicted molar refractivity (Wildman–Crippen MR) is 77.4 cm³/mol. The Balaban J connectivity index is 1.86. The van der Waals surface area contributed by atoms with Gasteiger partial charge in [-0.25, -0.2) is 0 Å². The first kappa shape index (κ1) is 15.0. The van der Waals surface area contributed by atoms with Gasteiger partial charge in [0.05, 0.1) is 0 Å². The van der Waals surface area contributed by atoms with Crippen LogP contribution in [0.25, 0.3) is 0 Å². The van der Waals surface area contributed by atoms with Crippen LogP contribution in [0, 0.1) is 11.8 Å². The minimum atomic E-state index is 0.959. The highest BCUT2D eigenvalue weighted by Crippen LogP contribution is 2.28. The third-order valence-corrected chi connectivity index (χ3v) is 4.40. The van der Waals surface area contributed by atoms with E-state index in [2.05, 4.69) is 19.2 Å². The smallest absolute Gasteiger partial charge is 0.00180 e. The van der Waals surface area contributed by atoms with Gasteiger partial charge in [-0.2, -0.15) is 0 Å². The molecule has 0 radical (unpaired) electrons. The normalized spacial score (nSPS) is 25.1. The molecule has 1 aliphatic carbocycles. The third-order valence-electron chi connectivity index (χ3n) is 4.40. The zero-order chi connectivity index (χ0) is 12.3. The van der Waals surface area contributed by atoms with Gasteiger partial charge in [0.2, 0.25) is 0 Å². The van der Waals surface area contributed by atoms with Crippen molar-refractivity contribution in [1.29, 1.82) is 0 Å². The fourth-order valence-corrected chi connectivity index (χ4v) is 3.01. The van der Waals surface area contributed by atoms with Gasteiger partial charge in [0.25, 0.3) is 0 Å². The summed E-state index contributed by atoms with van der Waals surface area (Å²) in [6.45, 7) is 7.24. The van der Waals surface area contributed by atoms with Crippen LogP contribution in [0.1, 0.15) is 78.1 Å². The first-order valence-electron chi connectivity index (χ1n) is 8.05. The van der Waals surface area contributed by atoms with E-state index >= 15 is 0 Å². The van der Waals surface area contributed by atoms with Gasteiger partial charge in [0, 0.05) is 0 Å². The molecule has 0 aromatic rings. The molecule has 1 N–H and O–H groups in total. The average molecular weight is 239 g/mol.